The molecule has 0 aliphatic heterocycles. The zero-order chi connectivity index (χ0) is 32.1. The van der Waals surface area contributed by atoms with Gasteiger partial charge in [-0.05, 0) is 39.8 Å². The highest BCUT2D eigenvalue weighted by atomic mass is 35.5. The Morgan fingerprint density at radius 2 is 1.67 bits per heavy atom. The van der Waals surface area contributed by atoms with Crippen molar-refractivity contribution in [2.24, 2.45) is 0 Å². The Kier molecular flexibility index (Phi) is 10.8. The molecule has 1 heterocycles. The van der Waals surface area contributed by atoms with Gasteiger partial charge in [-0.15, -0.1) is 0 Å². The summed E-state index contributed by atoms with van der Waals surface area (Å²) in [7, 11) is 0. The molecule has 0 spiro atoms. The molecule has 3 atom stereocenters. The Bertz CT molecular complexity index is 1470. The number of rotatable bonds is 11. The number of carbonyl (C=O) groups excluding carboxylic acids is 3. The van der Waals surface area contributed by atoms with E-state index in [0.717, 1.165) is 0 Å². The third-order valence-corrected chi connectivity index (χ3v) is 6.02. The van der Waals surface area contributed by atoms with Gasteiger partial charge in [-0.3, -0.25) is 14.4 Å². The highest BCUT2D eigenvalue weighted by molar-refractivity contribution is 6.33. The number of nitrogens with zero attached hydrogens (tertiary/aromatic N) is 1. The lowest BCUT2D eigenvalue weighted by molar-refractivity contribution is -0.156. The summed E-state index contributed by atoms with van der Waals surface area (Å²) >= 11 is 6.13. The van der Waals surface area contributed by atoms with Gasteiger partial charge in [-0.1, -0.05) is 28.9 Å². The van der Waals surface area contributed by atoms with E-state index in [1.165, 1.54) is 13.0 Å². The summed E-state index contributed by atoms with van der Waals surface area (Å²) < 4.78 is 70.2. The molecule has 2 amide bonds. The molecular formula is C28H28ClF4N3O7. The number of benzene rings is 2. The SMILES string of the molecule is C[C@H](NC(=O)c1cc(-c2ccccc2Cl)on1)C(=O)N[C@@H](CC(=O)OC(C)(C)C)C(O)COc1c(F)c(F)cc(F)c1F. The highest BCUT2D eigenvalue weighted by Crippen LogP contribution is 2.28. The summed E-state index contributed by atoms with van der Waals surface area (Å²) in [6, 6.07) is 5.18. The van der Waals surface area contributed by atoms with Crippen LogP contribution in [-0.4, -0.2) is 58.4 Å². The summed E-state index contributed by atoms with van der Waals surface area (Å²) in [6.45, 7) is 4.99. The van der Waals surface area contributed by atoms with Crippen molar-refractivity contribution in [1.82, 2.24) is 15.8 Å². The van der Waals surface area contributed by atoms with Crippen LogP contribution >= 0.6 is 11.6 Å². The average Bonchev–Trinajstić information content (AvgIpc) is 3.41. The number of carbonyl (C=O) groups is 3. The Labute approximate surface area is 248 Å². The molecule has 0 aliphatic rings. The van der Waals surface area contributed by atoms with Crippen molar-refractivity contribution in [3.63, 3.8) is 0 Å². The summed E-state index contributed by atoms with van der Waals surface area (Å²) in [4.78, 5) is 38.1. The topological polar surface area (TPSA) is 140 Å². The first-order chi connectivity index (χ1) is 20.1. The molecule has 0 saturated heterocycles. The third-order valence-electron chi connectivity index (χ3n) is 5.69. The fraction of sp³-hybridized carbons (Fsp3) is 0.357. The van der Waals surface area contributed by atoms with Crippen molar-refractivity contribution in [3.8, 4) is 17.1 Å². The minimum atomic E-state index is -1.85. The van der Waals surface area contributed by atoms with Crippen LogP contribution < -0.4 is 15.4 Å². The molecule has 3 aromatic rings. The van der Waals surface area contributed by atoms with Crippen LogP contribution in [0.4, 0.5) is 17.6 Å². The molecule has 0 fully saturated rings. The van der Waals surface area contributed by atoms with Gasteiger partial charge in [-0.2, -0.15) is 8.78 Å². The van der Waals surface area contributed by atoms with Crippen molar-refractivity contribution in [1.29, 1.82) is 0 Å². The number of aliphatic hydroxyl groups excluding tert-OH is 1. The lowest BCUT2D eigenvalue weighted by Crippen LogP contribution is -2.53. The van der Waals surface area contributed by atoms with Gasteiger partial charge in [0.2, 0.25) is 17.5 Å². The Balaban J connectivity index is 1.71. The normalized spacial score (nSPS) is 13.5. The Morgan fingerprint density at radius 1 is 1.05 bits per heavy atom. The molecule has 232 valence electrons. The molecule has 0 bridgehead atoms. The number of nitrogens with one attached hydrogen (secondary N) is 2. The van der Waals surface area contributed by atoms with Gasteiger partial charge in [0.25, 0.3) is 5.91 Å². The molecule has 3 rings (SSSR count). The maximum atomic E-state index is 14.0. The number of amides is 2. The highest BCUT2D eigenvalue weighted by Gasteiger charge is 2.31. The van der Waals surface area contributed by atoms with E-state index in [0.29, 0.717) is 10.6 Å². The molecule has 15 heteroatoms. The van der Waals surface area contributed by atoms with Gasteiger partial charge in [0, 0.05) is 17.7 Å². The van der Waals surface area contributed by atoms with Crippen molar-refractivity contribution in [2.45, 2.75) is 57.9 Å². The first kappa shape index (κ1) is 33.3. The van der Waals surface area contributed by atoms with Gasteiger partial charge < -0.3 is 29.7 Å². The molecule has 10 nitrogen and oxygen atoms in total. The number of hydrogen-bond donors (Lipinski definition) is 3. The number of esters is 1. The second-order valence-electron chi connectivity index (χ2n) is 10.3. The van der Waals surface area contributed by atoms with Crippen molar-refractivity contribution < 1.29 is 51.0 Å². The summed E-state index contributed by atoms with van der Waals surface area (Å²) in [5.74, 6) is -11.0. The summed E-state index contributed by atoms with van der Waals surface area (Å²) in [5, 5.41) is 19.4. The van der Waals surface area contributed by atoms with E-state index in [1.54, 1.807) is 45.0 Å². The van der Waals surface area contributed by atoms with Crippen molar-refractivity contribution >= 4 is 29.4 Å². The van der Waals surface area contributed by atoms with Gasteiger partial charge >= 0.3 is 5.97 Å². The number of aromatic nitrogens is 1. The predicted octanol–water partition coefficient (Wildman–Crippen LogP) is 4.33. The van der Waals surface area contributed by atoms with Crippen molar-refractivity contribution in [2.75, 3.05) is 6.61 Å². The Morgan fingerprint density at radius 3 is 2.28 bits per heavy atom. The van der Waals surface area contributed by atoms with Crippen molar-refractivity contribution in [3.05, 3.63) is 70.4 Å². The molecule has 0 saturated carbocycles. The minimum absolute atomic E-state index is 0.0220. The molecule has 2 aromatic carbocycles. The molecule has 43 heavy (non-hydrogen) atoms. The summed E-state index contributed by atoms with van der Waals surface area (Å²) in [5.41, 5.74) is -0.650. The first-order valence-corrected chi connectivity index (χ1v) is 13.1. The van der Waals surface area contributed by atoms with Crippen LogP contribution in [0.5, 0.6) is 5.75 Å². The molecule has 0 radical (unpaired) electrons. The lowest BCUT2D eigenvalue weighted by Gasteiger charge is -2.27. The van der Waals surface area contributed by atoms with E-state index in [-0.39, 0.29) is 17.5 Å². The fourth-order valence-corrected chi connectivity index (χ4v) is 3.85. The van der Waals surface area contributed by atoms with Crippen LogP contribution in [-0.2, 0) is 14.3 Å². The number of ether oxygens (including phenoxy) is 2. The molecule has 1 unspecified atom stereocenters. The van der Waals surface area contributed by atoms with E-state index in [2.05, 4.69) is 15.8 Å². The molecule has 1 aromatic heterocycles. The van der Waals surface area contributed by atoms with Gasteiger partial charge in [0.1, 0.15) is 24.4 Å². The predicted molar refractivity (Wildman–Crippen MR) is 144 cm³/mol. The smallest absolute Gasteiger partial charge is 0.308 e. The average molecular weight is 630 g/mol. The summed E-state index contributed by atoms with van der Waals surface area (Å²) in [6.07, 6.45) is -2.50. The standard InChI is InChI=1S/C28H28ClF4N3O7/c1-13(34-27(40)19-10-21(43-36-19)14-7-5-6-8-15(14)29)26(39)35-18(11-22(38)42-28(2,3)4)20(37)12-41-25-23(32)16(30)9-17(31)24(25)33/h5-10,13,18,20,37H,11-12H2,1-4H3,(H,34,40)(H,35,39)/t13-,18-,20?/m0/s1. The van der Waals surface area contributed by atoms with E-state index in [4.69, 9.17) is 25.6 Å². The Hall–Kier alpha value is -4.17. The third kappa shape index (κ3) is 8.91. The quantitative estimate of drug-likeness (QED) is 0.162. The van der Waals surface area contributed by atoms with Crippen LogP contribution in [0.25, 0.3) is 11.3 Å². The zero-order valence-electron chi connectivity index (χ0n) is 23.3. The molecule has 0 aliphatic carbocycles. The first-order valence-electron chi connectivity index (χ1n) is 12.8. The molecular weight excluding hydrogens is 602 g/mol. The van der Waals surface area contributed by atoms with E-state index in [1.807, 2.05) is 0 Å². The second kappa shape index (κ2) is 13.9. The number of hydrogen-bond acceptors (Lipinski definition) is 8. The van der Waals surface area contributed by atoms with Crippen LogP contribution in [0, 0.1) is 23.3 Å². The van der Waals surface area contributed by atoms with E-state index < -0.39 is 83.6 Å². The second-order valence-corrected chi connectivity index (χ2v) is 10.7. The van der Waals surface area contributed by atoms with Crippen LogP contribution in [0.15, 0.2) is 40.9 Å². The van der Waals surface area contributed by atoms with Crippen LogP contribution in [0.1, 0.15) is 44.6 Å². The number of aliphatic hydroxyl groups is 1. The van der Waals surface area contributed by atoms with Gasteiger partial charge in [0.05, 0.1) is 17.5 Å². The van der Waals surface area contributed by atoms with Crippen LogP contribution in [0.3, 0.4) is 0 Å². The maximum absolute atomic E-state index is 14.0. The largest absolute Gasteiger partial charge is 0.485 e. The van der Waals surface area contributed by atoms with Crippen LogP contribution in [0.2, 0.25) is 5.02 Å². The number of halogens is 5. The minimum Gasteiger partial charge on any atom is -0.485 e. The zero-order valence-corrected chi connectivity index (χ0v) is 24.1. The fourth-order valence-electron chi connectivity index (χ4n) is 3.62. The van der Waals surface area contributed by atoms with E-state index in [9.17, 15) is 37.1 Å². The van der Waals surface area contributed by atoms with E-state index >= 15 is 0 Å². The lowest BCUT2D eigenvalue weighted by atomic mass is 10.1. The molecule has 3 N–H and O–H groups in total. The maximum Gasteiger partial charge on any atom is 0.308 e. The van der Waals surface area contributed by atoms with Gasteiger partial charge in [0.15, 0.2) is 28.8 Å². The van der Waals surface area contributed by atoms with Gasteiger partial charge in [-0.25, -0.2) is 8.78 Å². The monoisotopic (exact) mass is 629 g/mol.